The van der Waals surface area contributed by atoms with E-state index in [4.69, 9.17) is 22.8 Å². The van der Waals surface area contributed by atoms with Gasteiger partial charge in [-0.25, -0.2) is 0 Å². The average molecular weight is 292 g/mol. The maximum atomic E-state index is 5.79. The minimum absolute atomic E-state index is 0.00691. The molecule has 1 rings (SSSR count). The van der Waals surface area contributed by atoms with Crippen LogP contribution in [-0.4, -0.2) is 55.6 Å². The summed E-state index contributed by atoms with van der Waals surface area (Å²) in [6.07, 6.45) is 4.36. The molecule has 5 nitrogen and oxygen atoms in total. The first-order chi connectivity index (χ1) is 9.16. The number of rotatable bonds is 11. The van der Waals surface area contributed by atoms with Crippen LogP contribution in [0, 0.1) is 0 Å². The highest BCUT2D eigenvalue weighted by Gasteiger charge is 2.39. The zero-order valence-corrected chi connectivity index (χ0v) is 13.7. The predicted molar refractivity (Wildman–Crippen MR) is 75.2 cm³/mol. The number of ether oxygens (including phenoxy) is 2. The smallest absolute Gasteiger partial charge is 0.378 e. The van der Waals surface area contributed by atoms with Crippen LogP contribution in [0.2, 0.25) is 6.04 Å². The summed E-state index contributed by atoms with van der Waals surface area (Å²) in [5.74, 6) is 0. The van der Waals surface area contributed by atoms with Gasteiger partial charge in [0.15, 0.2) is 0 Å². The molecular weight excluding hydrogens is 264 g/mol. The summed E-state index contributed by atoms with van der Waals surface area (Å²) >= 11 is 0. The second kappa shape index (κ2) is 8.34. The highest BCUT2D eigenvalue weighted by Crippen LogP contribution is 2.35. The van der Waals surface area contributed by atoms with Crippen molar-refractivity contribution in [1.29, 1.82) is 0 Å². The summed E-state index contributed by atoms with van der Waals surface area (Å²) in [7, 11) is 2.48. The van der Waals surface area contributed by atoms with Crippen molar-refractivity contribution < 1.29 is 22.8 Å². The van der Waals surface area contributed by atoms with Crippen LogP contribution in [0.15, 0.2) is 0 Å². The Labute approximate surface area is 117 Å². The van der Waals surface area contributed by atoms with E-state index in [1.165, 1.54) is 6.42 Å². The lowest BCUT2D eigenvalue weighted by Crippen LogP contribution is -2.45. The van der Waals surface area contributed by atoms with Crippen molar-refractivity contribution >= 4 is 8.80 Å². The minimum atomic E-state index is -2.43. The molecule has 0 radical (unpaired) electrons. The Balaban J connectivity index is 2.16. The SMILES string of the molecule is CCOC1(COCCC[Si](OC)(OC)OC)CCC1. The van der Waals surface area contributed by atoms with Crippen LogP contribution in [-0.2, 0) is 22.8 Å². The zero-order valence-electron chi connectivity index (χ0n) is 12.7. The molecule has 0 atom stereocenters. The van der Waals surface area contributed by atoms with E-state index < -0.39 is 8.80 Å². The van der Waals surface area contributed by atoms with Crippen molar-refractivity contribution in [1.82, 2.24) is 0 Å². The molecule has 1 aliphatic carbocycles. The Morgan fingerprint density at radius 3 is 2.11 bits per heavy atom. The Morgan fingerprint density at radius 2 is 1.68 bits per heavy atom. The largest absolute Gasteiger partial charge is 0.500 e. The maximum absolute atomic E-state index is 5.79. The van der Waals surface area contributed by atoms with E-state index in [0.717, 1.165) is 31.9 Å². The summed E-state index contributed by atoms with van der Waals surface area (Å²) in [6.45, 7) is 4.19. The van der Waals surface area contributed by atoms with E-state index in [-0.39, 0.29) is 5.60 Å². The second-order valence-corrected chi connectivity index (χ2v) is 8.01. The second-order valence-electron chi connectivity index (χ2n) is 4.92. The van der Waals surface area contributed by atoms with Gasteiger partial charge >= 0.3 is 8.80 Å². The standard InChI is InChI=1S/C13H28O5Si/c1-5-18-13(8-6-9-13)12-17-10-7-11-19(14-2,15-3)16-4/h5-12H2,1-4H3. The summed E-state index contributed by atoms with van der Waals surface area (Å²) in [6, 6.07) is 0.776. The first-order valence-electron chi connectivity index (χ1n) is 7.03. The van der Waals surface area contributed by atoms with Crippen molar-refractivity contribution in [3.63, 3.8) is 0 Å². The molecule has 114 valence electrons. The lowest BCUT2D eigenvalue weighted by atomic mass is 9.80. The normalized spacial score (nSPS) is 18.3. The van der Waals surface area contributed by atoms with E-state index in [1.54, 1.807) is 21.3 Å². The molecule has 1 fully saturated rings. The van der Waals surface area contributed by atoms with Crippen molar-refractivity contribution in [2.75, 3.05) is 41.2 Å². The van der Waals surface area contributed by atoms with E-state index >= 15 is 0 Å². The van der Waals surface area contributed by atoms with Gasteiger partial charge in [0.05, 0.1) is 12.2 Å². The van der Waals surface area contributed by atoms with Gasteiger partial charge in [0.25, 0.3) is 0 Å². The highest BCUT2D eigenvalue weighted by atomic mass is 28.4. The summed E-state index contributed by atoms with van der Waals surface area (Å²) in [5, 5.41) is 0. The molecule has 0 aromatic rings. The third-order valence-corrected chi connectivity index (χ3v) is 6.62. The quantitative estimate of drug-likeness (QED) is 0.432. The Kier molecular flexibility index (Phi) is 7.49. The van der Waals surface area contributed by atoms with Crippen LogP contribution in [0.3, 0.4) is 0 Å². The van der Waals surface area contributed by atoms with E-state index in [2.05, 4.69) is 0 Å². The monoisotopic (exact) mass is 292 g/mol. The van der Waals surface area contributed by atoms with Crippen LogP contribution < -0.4 is 0 Å². The fraction of sp³-hybridized carbons (Fsp3) is 1.00. The Bertz CT molecular complexity index is 233. The van der Waals surface area contributed by atoms with Crippen molar-refractivity contribution in [3.8, 4) is 0 Å². The molecule has 0 aliphatic heterocycles. The Hall–Kier alpha value is 0.0169. The topological polar surface area (TPSA) is 46.2 Å². The molecule has 19 heavy (non-hydrogen) atoms. The molecule has 1 saturated carbocycles. The fourth-order valence-corrected chi connectivity index (χ4v) is 4.10. The molecule has 0 spiro atoms. The fourth-order valence-electron chi connectivity index (χ4n) is 2.41. The molecular formula is C13H28O5Si. The van der Waals surface area contributed by atoms with Gasteiger partial charge in [-0.3, -0.25) is 0 Å². The molecule has 1 aliphatic rings. The van der Waals surface area contributed by atoms with Crippen LogP contribution >= 0.6 is 0 Å². The molecule has 0 aromatic carbocycles. The summed E-state index contributed by atoms with van der Waals surface area (Å²) in [4.78, 5) is 0. The van der Waals surface area contributed by atoms with Gasteiger partial charge in [-0.15, -0.1) is 0 Å². The lowest BCUT2D eigenvalue weighted by molar-refractivity contribution is -0.138. The van der Waals surface area contributed by atoms with E-state index in [0.29, 0.717) is 13.2 Å². The Morgan fingerprint density at radius 1 is 1.05 bits per heavy atom. The molecule has 0 unspecified atom stereocenters. The molecule has 0 saturated heterocycles. The number of hydrogen-bond donors (Lipinski definition) is 0. The van der Waals surface area contributed by atoms with Gasteiger partial charge < -0.3 is 22.8 Å². The summed E-state index contributed by atoms with van der Waals surface area (Å²) < 4.78 is 27.6. The zero-order chi connectivity index (χ0) is 14.2. The number of hydrogen-bond acceptors (Lipinski definition) is 5. The van der Waals surface area contributed by atoms with Crippen molar-refractivity contribution in [2.45, 2.75) is 44.3 Å². The van der Waals surface area contributed by atoms with Gasteiger partial charge in [0.1, 0.15) is 0 Å². The highest BCUT2D eigenvalue weighted by molar-refractivity contribution is 6.60. The molecule has 6 heteroatoms. The lowest BCUT2D eigenvalue weighted by Gasteiger charge is -2.41. The van der Waals surface area contributed by atoms with E-state index in [1.807, 2.05) is 6.92 Å². The van der Waals surface area contributed by atoms with E-state index in [9.17, 15) is 0 Å². The first kappa shape index (κ1) is 17.1. The van der Waals surface area contributed by atoms with Gasteiger partial charge in [-0.1, -0.05) is 0 Å². The van der Waals surface area contributed by atoms with Gasteiger partial charge in [0.2, 0.25) is 0 Å². The van der Waals surface area contributed by atoms with Crippen molar-refractivity contribution in [3.05, 3.63) is 0 Å². The molecule has 0 N–H and O–H groups in total. The molecule has 0 bridgehead atoms. The minimum Gasteiger partial charge on any atom is -0.378 e. The van der Waals surface area contributed by atoms with Crippen LogP contribution in [0.4, 0.5) is 0 Å². The molecule has 0 heterocycles. The maximum Gasteiger partial charge on any atom is 0.500 e. The van der Waals surface area contributed by atoms with Gasteiger partial charge in [-0.05, 0) is 32.6 Å². The summed E-state index contributed by atoms with van der Waals surface area (Å²) in [5.41, 5.74) is -0.00691. The van der Waals surface area contributed by atoms with Gasteiger partial charge in [-0.2, -0.15) is 0 Å². The average Bonchev–Trinajstić information content (AvgIpc) is 2.40. The van der Waals surface area contributed by atoms with Crippen LogP contribution in [0.25, 0.3) is 0 Å². The van der Waals surface area contributed by atoms with Gasteiger partial charge in [0, 0.05) is 40.6 Å². The van der Waals surface area contributed by atoms with Crippen LogP contribution in [0.1, 0.15) is 32.6 Å². The third kappa shape index (κ3) is 4.80. The van der Waals surface area contributed by atoms with Crippen LogP contribution in [0.5, 0.6) is 0 Å². The first-order valence-corrected chi connectivity index (χ1v) is 8.96. The van der Waals surface area contributed by atoms with Crippen molar-refractivity contribution in [2.24, 2.45) is 0 Å². The predicted octanol–water partition coefficient (Wildman–Crippen LogP) is 2.23. The molecule has 0 amide bonds. The third-order valence-electron chi connectivity index (χ3n) is 3.79. The molecule has 0 aromatic heterocycles.